The second-order valence-corrected chi connectivity index (χ2v) is 4.55. The first-order chi connectivity index (χ1) is 9.59. The number of nitrogens with zero attached hydrogens (tertiary/aromatic N) is 2. The van der Waals surface area contributed by atoms with Crippen molar-refractivity contribution in [2.75, 3.05) is 4.90 Å². The van der Waals surface area contributed by atoms with Gasteiger partial charge in [0.1, 0.15) is 5.15 Å². The topological polar surface area (TPSA) is 67.3 Å². The van der Waals surface area contributed by atoms with Gasteiger partial charge in [0.2, 0.25) is 0 Å². The molecule has 1 aromatic heterocycles. The van der Waals surface area contributed by atoms with E-state index in [0.29, 0.717) is 5.69 Å². The summed E-state index contributed by atoms with van der Waals surface area (Å²) < 4.78 is 0. The second-order valence-electron chi connectivity index (χ2n) is 4.16. The summed E-state index contributed by atoms with van der Waals surface area (Å²) in [5.74, 6) is -2.14. The number of rotatable bonds is 1. The Hall–Kier alpha value is -2.53. The van der Waals surface area contributed by atoms with E-state index in [4.69, 9.17) is 11.6 Å². The van der Waals surface area contributed by atoms with Gasteiger partial charge < -0.3 is 0 Å². The number of fused-ring (bicyclic) bond motifs is 1. The molecule has 0 atom stereocenters. The van der Waals surface area contributed by atoms with Crippen molar-refractivity contribution in [3.05, 3.63) is 58.9 Å². The zero-order valence-corrected chi connectivity index (χ0v) is 10.8. The van der Waals surface area contributed by atoms with Crippen molar-refractivity contribution in [2.45, 2.75) is 0 Å². The van der Waals surface area contributed by atoms with Crippen LogP contribution >= 0.6 is 11.6 Å². The van der Waals surface area contributed by atoms with Gasteiger partial charge in [-0.2, -0.15) is 0 Å². The summed E-state index contributed by atoms with van der Waals surface area (Å²) in [6, 6.07) is 9.27. The molecule has 1 aromatic carbocycles. The minimum absolute atomic E-state index is 0.187. The first-order valence-electron chi connectivity index (χ1n) is 5.73. The number of ketones is 1. The summed E-state index contributed by atoms with van der Waals surface area (Å²) in [5.41, 5.74) is 0.711. The van der Waals surface area contributed by atoms with Crippen molar-refractivity contribution < 1.29 is 14.4 Å². The number of hydrogen-bond acceptors (Lipinski definition) is 4. The number of aromatic nitrogens is 1. The first-order valence-corrected chi connectivity index (χ1v) is 6.11. The SMILES string of the molecule is O=C1C(=O)N(C(=O)c2ccc(Cl)nc2)c2ccccc21. The van der Waals surface area contributed by atoms with E-state index in [1.165, 1.54) is 24.4 Å². The molecular weight excluding hydrogens is 280 g/mol. The van der Waals surface area contributed by atoms with E-state index >= 15 is 0 Å². The van der Waals surface area contributed by atoms with Crippen molar-refractivity contribution in [3.63, 3.8) is 0 Å². The van der Waals surface area contributed by atoms with Crippen LogP contribution < -0.4 is 4.90 Å². The van der Waals surface area contributed by atoms with Crippen LogP contribution in [0.1, 0.15) is 20.7 Å². The number of para-hydroxylation sites is 1. The molecule has 0 aliphatic carbocycles. The Morgan fingerprint density at radius 1 is 1.10 bits per heavy atom. The molecule has 6 heteroatoms. The van der Waals surface area contributed by atoms with Gasteiger partial charge >= 0.3 is 5.91 Å². The first kappa shape index (κ1) is 12.5. The van der Waals surface area contributed by atoms with Gasteiger partial charge in [-0.3, -0.25) is 14.4 Å². The Labute approximate surface area is 118 Å². The molecule has 0 bridgehead atoms. The predicted molar refractivity (Wildman–Crippen MR) is 71.8 cm³/mol. The fourth-order valence-corrected chi connectivity index (χ4v) is 2.13. The highest BCUT2D eigenvalue weighted by Crippen LogP contribution is 2.29. The van der Waals surface area contributed by atoms with Crippen LogP contribution in [0.25, 0.3) is 0 Å². The molecule has 3 rings (SSSR count). The van der Waals surface area contributed by atoms with Gasteiger partial charge in [-0.25, -0.2) is 9.88 Å². The minimum Gasteiger partial charge on any atom is -0.283 e. The molecule has 0 fully saturated rings. The maximum Gasteiger partial charge on any atom is 0.306 e. The number of benzene rings is 1. The third-order valence-electron chi connectivity index (χ3n) is 2.96. The summed E-state index contributed by atoms with van der Waals surface area (Å²) >= 11 is 5.65. The quantitative estimate of drug-likeness (QED) is 0.457. The zero-order valence-electron chi connectivity index (χ0n) is 10.0. The Balaban J connectivity index is 2.06. The molecule has 0 N–H and O–H groups in total. The van der Waals surface area contributed by atoms with E-state index in [2.05, 4.69) is 4.98 Å². The molecule has 1 aliphatic heterocycles. The van der Waals surface area contributed by atoms with Crippen molar-refractivity contribution in [2.24, 2.45) is 0 Å². The van der Waals surface area contributed by atoms with Gasteiger partial charge in [-0.05, 0) is 24.3 Å². The number of imide groups is 1. The molecular formula is C14H7ClN2O3. The van der Waals surface area contributed by atoms with E-state index in [1.54, 1.807) is 18.2 Å². The normalized spacial score (nSPS) is 13.6. The molecule has 0 unspecified atom stereocenters. The van der Waals surface area contributed by atoms with Gasteiger partial charge in [0.25, 0.3) is 11.7 Å². The molecule has 1 aliphatic rings. The van der Waals surface area contributed by atoms with Crippen LogP contribution in [0.5, 0.6) is 0 Å². The molecule has 2 aromatic rings. The van der Waals surface area contributed by atoms with E-state index in [1.807, 2.05) is 0 Å². The maximum absolute atomic E-state index is 12.3. The Morgan fingerprint density at radius 2 is 1.85 bits per heavy atom. The average molecular weight is 287 g/mol. The van der Waals surface area contributed by atoms with Crippen LogP contribution in [0, 0.1) is 0 Å². The zero-order chi connectivity index (χ0) is 14.3. The monoisotopic (exact) mass is 286 g/mol. The Kier molecular flexibility index (Phi) is 2.84. The maximum atomic E-state index is 12.3. The van der Waals surface area contributed by atoms with Gasteiger partial charge in [0, 0.05) is 6.20 Å². The Morgan fingerprint density at radius 3 is 2.55 bits per heavy atom. The summed E-state index contributed by atoms with van der Waals surface area (Å²) in [6.07, 6.45) is 1.27. The van der Waals surface area contributed by atoms with Crippen molar-refractivity contribution in [3.8, 4) is 0 Å². The van der Waals surface area contributed by atoms with Crippen LogP contribution in [0.3, 0.4) is 0 Å². The van der Waals surface area contributed by atoms with Gasteiger partial charge in [-0.15, -0.1) is 0 Å². The lowest BCUT2D eigenvalue weighted by Gasteiger charge is -2.14. The molecule has 2 amide bonds. The van der Waals surface area contributed by atoms with Crippen LogP contribution in [0.4, 0.5) is 5.69 Å². The van der Waals surface area contributed by atoms with E-state index < -0.39 is 17.6 Å². The smallest absolute Gasteiger partial charge is 0.283 e. The summed E-state index contributed by atoms with van der Waals surface area (Å²) in [6.45, 7) is 0. The molecule has 5 nitrogen and oxygen atoms in total. The highest BCUT2D eigenvalue weighted by molar-refractivity contribution is 6.57. The van der Waals surface area contributed by atoms with Gasteiger partial charge in [-0.1, -0.05) is 23.7 Å². The summed E-state index contributed by atoms with van der Waals surface area (Å²) in [5, 5.41) is 0.241. The van der Waals surface area contributed by atoms with Crippen LogP contribution in [-0.2, 0) is 4.79 Å². The summed E-state index contributed by atoms with van der Waals surface area (Å²) in [7, 11) is 0. The Bertz CT molecular complexity index is 740. The minimum atomic E-state index is -0.855. The fraction of sp³-hybridized carbons (Fsp3) is 0. The number of Topliss-reactive ketones (excluding diaryl/α,β-unsaturated/α-hetero) is 1. The standard InChI is InChI=1S/C14H7ClN2O3/c15-11-6-5-8(7-16-11)13(19)17-10-4-2-1-3-9(10)12(18)14(17)20/h1-7H. The number of hydrogen-bond donors (Lipinski definition) is 0. The largest absolute Gasteiger partial charge is 0.306 e. The third-order valence-corrected chi connectivity index (χ3v) is 3.19. The van der Waals surface area contributed by atoms with Crippen molar-refractivity contribution in [1.29, 1.82) is 0 Å². The van der Waals surface area contributed by atoms with E-state index in [0.717, 1.165) is 4.90 Å². The van der Waals surface area contributed by atoms with Crippen LogP contribution in [0.2, 0.25) is 5.15 Å². The number of carbonyl (C=O) groups is 3. The van der Waals surface area contributed by atoms with Gasteiger partial charge in [0.05, 0.1) is 16.8 Å². The lowest BCUT2D eigenvalue weighted by atomic mass is 10.1. The molecule has 2 heterocycles. The molecule has 0 saturated heterocycles. The summed E-state index contributed by atoms with van der Waals surface area (Å²) in [4.78, 5) is 40.8. The van der Waals surface area contributed by atoms with Crippen LogP contribution in [-0.4, -0.2) is 22.6 Å². The van der Waals surface area contributed by atoms with Gasteiger partial charge in [0.15, 0.2) is 0 Å². The third kappa shape index (κ3) is 1.80. The van der Waals surface area contributed by atoms with E-state index in [9.17, 15) is 14.4 Å². The number of halogens is 1. The van der Waals surface area contributed by atoms with Crippen LogP contribution in [0.15, 0.2) is 42.6 Å². The van der Waals surface area contributed by atoms with E-state index in [-0.39, 0.29) is 16.3 Å². The second kappa shape index (κ2) is 4.54. The fourth-order valence-electron chi connectivity index (χ4n) is 2.02. The lowest BCUT2D eigenvalue weighted by molar-refractivity contribution is -0.113. The molecule has 0 saturated carbocycles. The molecule has 20 heavy (non-hydrogen) atoms. The molecule has 0 spiro atoms. The number of carbonyl (C=O) groups excluding carboxylic acids is 3. The van der Waals surface area contributed by atoms with Crippen molar-refractivity contribution in [1.82, 2.24) is 4.98 Å². The number of anilines is 1. The molecule has 98 valence electrons. The average Bonchev–Trinajstić information content (AvgIpc) is 2.72. The highest BCUT2D eigenvalue weighted by atomic mass is 35.5. The van der Waals surface area contributed by atoms with Crippen molar-refractivity contribution >= 4 is 34.9 Å². The number of pyridine rings is 1. The predicted octanol–water partition coefficient (Wildman–Crippen LogP) is 2.10. The lowest BCUT2D eigenvalue weighted by Crippen LogP contribution is -2.35. The molecule has 0 radical (unpaired) electrons. The highest BCUT2D eigenvalue weighted by Gasteiger charge is 2.39. The number of amides is 2.